The fraction of sp³-hybridized carbons (Fsp3) is 0.316. The number of sulfonamides is 1. The molecule has 1 saturated carbocycles. The van der Waals surface area contributed by atoms with Crippen LogP contribution in [0.2, 0.25) is 0 Å². The van der Waals surface area contributed by atoms with Crippen LogP contribution in [0.3, 0.4) is 0 Å². The van der Waals surface area contributed by atoms with Gasteiger partial charge in [0.15, 0.2) is 0 Å². The standard InChI is InChI=1S/C19H22N2O3S/c1-13-6-3-4-9-18(13)14(2)20-19(22)15-7-5-8-17(12-15)25(23,24)21-16-10-11-16/h3-9,12,14,16,21H,10-11H2,1-2H3,(H,20,22). The SMILES string of the molecule is Cc1ccccc1C(C)NC(=O)c1cccc(S(=O)(=O)NC2CC2)c1. The Morgan fingerprint density at radius 1 is 1.12 bits per heavy atom. The van der Waals surface area contributed by atoms with Crippen LogP contribution in [0, 0.1) is 6.92 Å². The van der Waals surface area contributed by atoms with Crippen LogP contribution < -0.4 is 10.0 Å². The maximum atomic E-state index is 12.5. The molecule has 132 valence electrons. The number of hydrogen-bond donors (Lipinski definition) is 2. The molecule has 25 heavy (non-hydrogen) atoms. The summed E-state index contributed by atoms with van der Waals surface area (Å²) >= 11 is 0. The smallest absolute Gasteiger partial charge is 0.251 e. The Kier molecular flexibility index (Phi) is 4.92. The molecule has 3 rings (SSSR count). The molecule has 0 saturated heterocycles. The van der Waals surface area contributed by atoms with Gasteiger partial charge in [-0.15, -0.1) is 0 Å². The van der Waals surface area contributed by atoms with Crippen molar-refractivity contribution < 1.29 is 13.2 Å². The largest absolute Gasteiger partial charge is 0.346 e. The summed E-state index contributed by atoms with van der Waals surface area (Å²) in [7, 11) is -3.57. The molecule has 5 nitrogen and oxygen atoms in total. The van der Waals surface area contributed by atoms with Gasteiger partial charge < -0.3 is 5.32 Å². The monoisotopic (exact) mass is 358 g/mol. The zero-order valence-electron chi connectivity index (χ0n) is 14.3. The summed E-state index contributed by atoms with van der Waals surface area (Å²) in [6, 6.07) is 13.9. The van der Waals surface area contributed by atoms with E-state index in [2.05, 4.69) is 10.0 Å². The van der Waals surface area contributed by atoms with Gasteiger partial charge in [-0.2, -0.15) is 0 Å². The van der Waals surface area contributed by atoms with E-state index in [0.717, 1.165) is 24.0 Å². The number of carbonyl (C=O) groups is 1. The van der Waals surface area contributed by atoms with E-state index in [1.54, 1.807) is 12.1 Å². The Labute approximate surface area is 148 Å². The maximum Gasteiger partial charge on any atom is 0.251 e. The minimum absolute atomic E-state index is 0.0311. The van der Waals surface area contributed by atoms with E-state index in [9.17, 15) is 13.2 Å². The van der Waals surface area contributed by atoms with Crippen molar-refractivity contribution in [3.05, 3.63) is 65.2 Å². The molecule has 2 aromatic carbocycles. The Bertz CT molecular complexity index is 889. The fourth-order valence-corrected chi connectivity index (χ4v) is 4.07. The average Bonchev–Trinajstić information content (AvgIpc) is 3.38. The molecule has 6 heteroatoms. The van der Waals surface area contributed by atoms with Crippen LogP contribution >= 0.6 is 0 Å². The lowest BCUT2D eigenvalue weighted by atomic mass is 10.0. The molecule has 0 bridgehead atoms. The molecular formula is C19H22N2O3S. The second kappa shape index (κ2) is 6.98. The Morgan fingerprint density at radius 3 is 2.52 bits per heavy atom. The summed E-state index contributed by atoms with van der Waals surface area (Å²) in [6.07, 6.45) is 1.74. The van der Waals surface area contributed by atoms with Crippen molar-refractivity contribution >= 4 is 15.9 Å². The third-order valence-corrected chi connectivity index (χ3v) is 5.83. The highest BCUT2D eigenvalue weighted by molar-refractivity contribution is 7.89. The van der Waals surface area contributed by atoms with Gasteiger partial charge in [0.2, 0.25) is 10.0 Å². The molecule has 1 fully saturated rings. The first-order chi connectivity index (χ1) is 11.9. The first-order valence-corrected chi connectivity index (χ1v) is 9.84. The zero-order chi connectivity index (χ0) is 18.0. The number of benzene rings is 2. The third kappa shape index (κ3) is 4.27. The number of nitrogens with one attached hydrogen (secondary N) is 2. The molecule has 1 aliphatic carbocycles. The molecule has 0 radical (unpaired) electrons. The molecule has 1 atom stereocenters. The van der Waals surface area contributed by atoms with Gasteiger partial charge in [-0.25, -0.2) is 13.1 Å². The summed E-state index contributed by atoms with van der Waals surface area (Å²) in [4.78, 5) is 12.6. The quantitative estimate of drug-likeness (QED) is 0.834. The van der Waals surface area contributed by atoms with Gasteiger partial charge in [-0.05, 0) is 56.0 Å². The lowest BCUT2D eigenvalue weighted by Gasteiger charge is -2.17. The first kappa shape index (κ1) is 17.6. The van der Waals surface area contributed by atoms with Gasteiger partial charge in [-0.3, -0.25) is 4.79 Å². The molecule has 2 aromatic rings. The molecule has 0 heterocycles. The van der Waals surface area contributed by atoms with Gasteiger partial charge in [0.1, 0.15) is 0 Å². The molecule has 0 aliphatic heterocycles. The predicted octanol–water partition coefficient (Wildman–Crippen LogP) is 2.93. The van der Waals surface area contributed by atoms with Crippen molar-refractivity contribution in [2.45, 2.75) is 43.7 Å². The Hall–Kier alpha value is -2.18. The van der Waals surface area contributed by atoms with Crippen LogP contribution in [0.1, 0.15) is 47.3 Å². The van der Waals surface area contributed by atoms with E-state index in [4.69, 9.17) is 0 Å². The number of aryl methyl sites for hydroxylation is 1. The minimum atomic E-state index is -3.57. The van der Waals surface area contributed by atoms with E-state index < -0.39 is 10.0 Å². The van der Waals surface area contributed by atoms with E-state index in [-0.39, 0.29) is 22.9 Å². The average molecular weight is 358 g/mol. The van der Waals surface area contributed by atoms with Crippen LogP contribution in [-0.4, -0.2) is 20.4 Å². The Balaban J connectivity index is 1.76. The molecule has 2 N–H and O–H groups in total. The molecular weight excluding hydrogens is 336 g/mol. The van der Waals surface area contributed by atoms with E-state index in [1.807, 2.05) is 38.1 Å². The van der Waals surface area contributed by atoms with Crippen molar-refractivity contribution in [2.24, 2.45) is 0 Å². The van der Waals surface area contributed by atoms with Crippen molar-refractivity contribution in [2.75, 3.05) is 0 Å². The molecule has 0 spiro atoms. The van der Waals surface area contributed by atoms with Gasteiger partial charge in [-0.1, -0.05) is 30.3 Å². The van der Waals surface area contributed by atoms with Crippen LogP contribution in [0.15, 0.2) is 53.4 Å². The normalized spacial score (nSPS) is 15.6. The predicted molar refractivity (Wildman–Crippen MR) is 96.8 cm³/mol. The topological polar surface area (TPSA) is 75.3 Å². The number of rotatable bonds is 6. The van der Waals surface area contributed by atoms with E-state index in [0.29, 0.717) is 5.56 Å². The summed E-state index contributed by atoms with van der Waals surface area (Å²) in [6.45, 7) is 3.91. The highest BCUT2D eigenvalue weighted by atomic mass is 32.2. The molecule has 1 unspecified atom stereocenters. The summed E-state index contributed by atoms with van der Waals surface area (Å²) in [5.74, 6) is -0.292. The van der Waals surface area contributed by atoms with Gasteiger partial charge in [0.25, 0.3) is 5.91 Å². The molecule has 0 aromatic heterocycles. The first-order valence-electron chi connectivity index (χ1n) is 8.35. The van der Waals surface area contributed by atoms with Crippen molar-refractivity contribution in [3.8, 4) is 0 Å². The van der Waals surface area contributed by atoms with Crippen molar-refractivity contribution in [3.63, 3.8) is 0 Å². The van der Waals surface area contributed by atoms with Crippen molar-refractivity contribution in [1.29, 1.82) is 0 Å². The highest BCUT2D eigenvalue weighted by Gasteiger charge is 2.28. The van der Waals surface area contributed by atoms with Crippen LogP contribution in [0.4, 0.5) is 0 Å². The second-order valence-electron chi connectivity index (χ2n) is 6.48. The summed E-state index contributed by atoms with van der Waals surface area (Å²) in [5.41, 5.74) is 2.47. The minimum Gasteiger partial charge on any atom is -0.346 e. The molecule has 1 amide bonds. The summed E-state index contributed by atoms with van der Waals surface area (Å²) in [5, 5.41) is 2.93. The fourth-order valence-electron chi connectivity index (χ4n) is 2.72. The summed E-state index contributed by atoms with van der Waals surface area (Å²) < 4.78 is 27.2. The van der Waals surface area contributed by atoms with Crippen LogP contribution in [0.5, 0.6) is 0 Å². The van der Waals surface area contributed by atoms with Crippen LogP contribution in [-0.2, 0) is 10.0 Å². The second-order valence-corrected chi connectivity index (χ2v) is 8.19. The highest BCUT2D eigenvalue weighted by Crippen LogP contribution is 2.23. The number of carbonyl (C=O) groups excluding carboxylic acids is 1. The Morgan fingerprint density at radius 2 is 1.84 bits per heavy atom. The van der Waals surface area contributed by atoms with Gasteiger partial charge >= 0.3 is 0 Å². The van der Waals surface area contributed by atoms with Crippen LogP contribution in [0.25, 0.3) is 0 Å². The molecule has 1 aliphatic rings. The van der Waals surface area contributed by atoms with Crippen molar-refractivity contribution in [1.82, 2.24) is 10.0 Å². The maximum absolute atomic E-state index is 12.5. The lowest BCUT2D eigenvalue weighted by Crippen LogP contribution is -2.28. The number of hydrogen-bond acceptors (Lipinski definition) is 3. The zero-order valence-corrected chi connectivity index (χ0v) is 15.1. The van der Waals surface area contributed by atoms with E-state index >= 15 is 0 Å². The van der Waals surface area contributed by atoms with Gasteiger partial charge in [0, 0.05) is 11.6 Å². The van der Waals surface area contributed by atoms with E-state index in [1.165, 1.54) is 12.1 Å². The third-order valence-electron chi connectivity index (χ3n) is 4.31. The number of amides is 1. The lowest BCUT2D eigenvalue weighted by molar-refractivity contribution is 0.0939. The van der Waals surface area contributed by atoms with Gasteiger partial charge in [0.05, 0.1) is 10.9 Å².